The minimum atomic E-state index is 0.223. The lowest BCUT2D eigenvalue weighted by Gasteiger charge is -2.19. The molecule has 0 spiro atoms. The molecule has 0 unspecified atom stereocenters. The zero-order valence-corrected chi connectivity index (χ0v) is 16.3. The summed E-state index contributed by atoms with van der Waals surface area (Å²) in [6, 6.07) is 16.8. The van der Waals surface area contributed by atoms with Gasteiger partial charge in [0.2, 0.25) is 0 Å². The first-order valence-electron chi connectivity index (χ1n) is 9.41. The van der Waals surface area contributed by atoms with Gasteiger partial charge in [0.05, 0.1) is 17.6 Å². The number of unbranched alkanes of at least 4 members (excludes halogenated alkanes) is 1. The standard InChI is InChI=1S/C23H27N3O/c1-17-6-10-19(11-7-17)22-23(20-12-8-18(2)9-13-20)25-21(16-24-22)26(3)14-4-5-15-27/h6-13,16,27H,4-5,14-15H2,1-3H3. The first kappa shape index (κ1) is 19.1. The van der Waals surface area contributed by atoms with Crippen molar-refractivity contribution < 1.29 is 5.11 Å². The molecule has 0 aliphatic carbocycles. The average Bonchev–Trinajstić information content (AvgIpc) is 2.69. The molecule has 3 rings (SSSR count). The molecule has 0 bridgehead atoms. The molecular formula is C23H27N3O. The van der Waals surface area contributed by atoms with Crippen LogP contribution in [-0.2, 0) is 0 Å². The van der Waals surface area contributed by atoms with E-state index in [1.165, 1.54) is 11.1 Å². The van der Waals surface area contributed by atoms with Gasteiger partial charge in [-0.25, -0.2) is 4.98 Å². The summed E-state index contributed by atoms with van der Waals surface area (Å²) in [7, 11) is 2.02. The molecule has 0 atom stereocenters. The van der Waals surface area contributed by atoms with Crippen LogP contribution in [-0.4, -0.2) is 35.3 Å². The van der Waals surface area contributed by atoms with Crippen LogP contribution in [0.3, 0.4) is 0 Å². The fraction of sp³-hybridized carbons (Fsp3) is 0.304. The Balaban J connectivity index is 2.02. The van der Waals surface area contributed by atoms with E-state index in [0.29, 0.717) is 0 Å². The van der Waals surface area contributed by atoms with Gasteiger partial charge in [0.15, 0.2) is 0 Å². The number of benzene rings is 2. The highest BCUT2D eigenvalue weighted by atomic mass is 16.2. The normalized spacial score (nSPS) is 10.8. The van der Waals surface area contributed by atoms with E-state index in [9.17, 15) is 0 Å². The predicted molar refractivity (Wildman–Crippen MR) is 112 cm³/mol. The fourth-order valence-electron chi connectivity index (χ4n) is 2.97. The molecule has 0 aliphatic heterocycles. The van der Waals surface area contributed by atoms with Crippen molar-refractivity contribution in [1.29, 1.82) is 0 Å². The van der Waals surface area contributed by atoms with E-state index in [1.54, 1.807) is 0 Å². The maximum absolute atomic E-state index is 9.00. The van der Waals surface area contributed by atoms with Crippen molar-refractivity contribution in [1.82, 2.24) is 9.97 Å². The van der Waals surface area contributed by atoms with Crippen LogP contribution in [0, 0.1) is 13.8 Å². The summed E-state index contributed by atoms with van der Waals surface area (Å²) >= 11 is 0. The zero-order valence-electron chi connectivity index (χ0n) is 16.3. The Morgan fingerprint density at radius 3 is 1.93 bits per heavy atom. The molecule has 1 heterocycles. The van der Waals surface area contributed by atoms with E-state index < -0.39 is 0 Å². The summed E-state index contributed by atoms with van der Waals surface area (Å²) in [5.74, 6) is 0.847. The van der Waals surface area contributed by atoms with Crippen molar-refractivity contribution in [3.8, 4) is 22.5 Å². The van der Waals surface area contributed by atoms with Crippen LogP contribution in [0.4, 0.5) is 5.82 Å². The Hall–Kier alpha value is -2.72. The number of hydrogen-bond acceptors (Lipinski definition) is 4. The maximum Gasteiger partial charge on any atom is 0.147 e. The van der Waals surface area contributed by atoms with Crippen LogP contribution in [0.5, 0.6) is 0 Å². The number of nitrogens with zero attached hydrogens (tertiary/aromatic N) is 3. The number of anilines is 1. The van der Waals surface area contributed by atoms with Crippen LogP contribution in [0.2, 0.25) is 0 Å². The molecule has 1 aromatic heterocycles. The van der Waals surface area contributed by atoms with Gasteiger partial charge in [-0.2, -0.15) is 0 Å². The summed E-state index contributed by atoms with van der Waals surface area (Å²) in [6.45, 7) is 5.23. The Bertz CT molecular complexity index is 873. The van der Waals surface area contributed by atoms with Crippen LogP contribution < -0.4 is 4.90 Å². The first-order chi connectivity index (χ1) is 13.1. The van der Waals surface area contributed by atoms with Crippen molar-refractivity contribution in [3.05, 3.63) is 65.9 Å². The van der Waals surface area contributed by atoms with Gasteiger partial charge in [-0.3, -0.25) is 4.98 Å². The molecule has 2 aromatic carbocycles. The van der Waals surface area contributed by atoms with Crippen molar-refractivity contribution in [2.24, 2.45) is 0 Å². The van der Waals surface area contributed by atoms with Gasteiger partial charge in [-0.05, 0) is 26.7 Å². The molecular weight excluding hydrogens is 334 g/mol. The fourth-order valence-corrected chi connectivity index (χ4v) is 2.97. The third kappa shape index (κ3) is 4.72. The molecule has 27 heavy (non-hydrogen) atoms. The van der Waals surface area contributed by atoms with Crippen molar-refractivity contribution in [2.45, 2.75) is 26.7 Å². The van der Waals surface area contributed by atoms with Gasteiger partial charge in [0.1, 0.15) is 5.82 Å². The molecule has 3 aromatic rings. The molecule has 0 saturated heterocycles. The highest BCUT2D eigenvalue weighted by Crippen LogP contribution is 2.30. The summed E-state index contributed by atoms with van der Waals surface area (Å²) in [5.41, 5.74) is 6.37. The van der Waals surface area contributed by atoms with E-state index in [2.05, 4.69) is 67.3 Å². The van der Waals surface area contributed by atoms with Crippen LogP contribution >= 0.6 is 0 Å². The van der Waals surface area contributed by atoms with Crippen molar-refractivity contribution in [2.75, 3.05) is 25.1 Å². The van der Waals surface area contributed by atoms with E-state index in [0.717, 1.165) is 47.7 Å². The Labute approximate surface area is 161 Å². The monoisotopic (exact) mass is 361 g/mol. The molecule has 1 N–H and O–H groups in total. The molecule has 0 amide bonds. The van der Waals surface area contributed by atoms with Crippen molar-refractivity contribution >= 4 is 5.82 Å². The lowest BCUT2D eigenvalue weighted by atomic mass is 10.0. The number of hydrogen-bond donors (Lipinski definition) is 1. The van der Waals surface area contributed by atoms with Gasteiger partial charge in [-0.15, -0.1) is 0 Å². The molecule has 4 heteroatoms. The Kier molecular flexibility index (Phi) is 6.20. The van der Waals surface area contributed by atoms with Crippen LogP contribution in [0.25, 0.3) is 22.5 Å². The average molecular weight is 361 g/mol. The van der Waals surface area contributed by atoms with Crippen LogP contribution in [0.1, 0.15) is 24.0 Å². The van der Waals surface area contributed by atoms with E-state index in [4.69, 9.17) is 15.1 Å². The molecule has 0 saturated carbocycles. The first-order valence-corrected chi connectivity index (χ1v) is 9.41. The van der Waals surface area contributed by atoms with E-state index in [1.807, 2.05) is 13.2 Å². The van der Waals surface area contributed by atoms with Gasteiger partial charge in [0, 0.05) is 31.3 Å². The number of aryl methyl sites for hydroxylation is 2. The lowest BCUT2D eigenvalue weighted by Crippen LogP contribution is -2.20. The molecule has 0 radical (unpaired) electrons. The maximum atomic E-state index is 9.00. The largest absolute Gasteiger partial charge is 0.396 e. The predicted octanol–water partition coefficient (Wildman–Crippen LogP) is 4.64. The summed E-state index contributed by atoms with van der Waals surface area (Å²) in [6.07, 6.45) is 3.56. The van der Waals surface area contributed by atoms with Gasteiger partial charge >= 0.3 is 0 Å². The second-order valence-electron chi connectivity index (χ2n) is 7.01. The minimum Gasteiger partial charge on any atom is -0.396 e. The number of rotatable bonds is 7. The lowest BCUT2D eigenvalue weighted by molar-refractivity contribution is 0.285. The molecule has 4 nitrogen and oxygen atoms in total. The SMILES string of the molecule is Cc1ccc(-c2ncc(N(C)CCCCO)nc2-c2ccc(C)cc2)cc1. The third-order valence-electron chi connectivity index (χ3n) is 4.70. The Morgan fingerprint density at radius 2 is 1.37 bits per heavy atom. The zero-order chi connectivity index (χ0) is 19.2. The van der Waals surface area contributed by atoms with E-state index in [-0.39, 0.29) is 6.61 Å². The quantitative estimate of drug-likeness (QED) is 0.623. The topological polar surface area (TPSA) is 49.2 Å². The van der Waals surface area contributed by atoms with Gasteiger partial charge < -0.3 is 10.0 Å². The van der Waals surface area contributed by atoms with Crippen LogP contribution in [0.15, 0.2) is 54.7 Å². The smallest absolute Gasteiger partial charge is 0.147 e. The summed E-state index contributed by atoms with van der Waals surface area (Å²) < 4.78 is 0. The van der Waals surface area contributed by atoms with E-state index >= 15 is 0 Å². The highest BCUT2D eigenvalue weighted by molar-refractivity contribution is 5.79. The Morgan fingerprint density at radius 1 is 0.815 bits per heavy atom. The molecule has 0 aliphatic rings. The van der Waals surface area contributed by atoms with Gasteiger partial charge in [-0.1, -0.05) is 59.7 Å². The number of aromatic nitrogens is 2. The highest BCUT2D eigenvalue weighted by Gasteiger charge is 2.14. The number of aliphatic hydroxyl groups is 1. The number of aliphatic hydroxyl groups excluding tert-OH is 1. The molecule has 0 fully saturated rings. The summed E-state index contributed by atoms with van der Waals surface area (Å²) in [4.78, 5) is 11.8. The molecule has 140 valence electrons. The second kappa shape index (κ2) is 8.78. The van der Waals surface area contributed by atoms with Gasteiger partial charge in [0.25, 0.3) is 0 Å². The third-order valence-corrected chi connectivity index (χ3v) is 4.70. The van der Waals surface area contributed by atoms with Crippen molar-refractivity contribution in [3.63, 3.8) is 0 Å². The summed E-state index contributed by atoms with van der Waals surface area (Å²) in [5, 5.41) is 9.00. The minimum absolute atomic E-state index is 0.223. The second-order valence-corrected chi connectivity index (χ2v) is 7.01.